The molecule has 0 aliphatic rings. The molecule has 0 bridgehead atoms. The van der Waals surface area contributed by atoms with E-state index in [2.05, 4.69) is 15.0 Å². The van der Waals surface area contributed by atoms with Gasteiger partial charge in [0.15, 0.2) is 6.61 Å². The zero-order valence-electron chi connectivity index (χ0n) is 14.2. The van der Waals surface area contributed by atoms with Crippen molar-refractivity contribution in [1.29, 1.82) is 0 Å². The third-order valence-electron chi connectivity index (χ3n) is 3.54. The highest BCUT2D eigenvalue weighted by Gasteiger charge is 2.19. The van der Waals surface area contributed by atoms with Crippen LogP contribution in [0.2, 0.25) is 0 Å². The van der Waals surface area contributed by atoms with Crippen LogP contribution in [0, 0.1) is 0 Å². The molecular weight excluding hydrogens is 364 g/mol. The van der Waals surface area contributed by atoms with Crippen LogP contribution >= 0.6 is 0 Å². The van der Waals surface area contributed by atoms with Gasteiger partial charge < -0.3 is 14.0 Å². The summed E-state index contributed by atoms with van der Waals surface area (Å²) in [6.07, 6.45) is 0. The summed E-state index contributed by atoms with van der Waals surface area (Å²) >= 11 is 0. The number of methoxy groups -OCH3 is 1. The van der Waals surface area contributed by atoms with Crippen molar-refractivity contribution >= 4 is 27.0 Å². The van der Waals surface area contributed by atoms with E-state index in [-0.39, 0.29) is 17.3 Å². The molecule has 0 unspecified atom stereocenters. The Morgan fingerprint density at radius 3 is 2.73 bits per heavy atom. The second-order valence-electron chi connectivity index (χ2n) is 5.43. The van der Waals surface area contributed by atoms with E-state index in [1.54, 1.807) is 12.1 Å². The van der Waals surface area contributed by atoms with Crippen molar-refractivity contribution in [2.75, 3.05) is 21.2 Å². The Kier molecular flexibility index (Phi) is 4.66. The SMILES string of the molecule is COC(=O)c1ccc(COn2nnc3ccc(S(=O)(=O)N(C)C)cc32)o1. The molecule has 11 heteroatoms. The summed E-state index contributed by atoms with van der Waals surface area (Å²) in [5.74, 6) is -0.180. The molecule has 3 rings (SSSR count). The van der Waals surface area contributed by atoms with E-state index in [0.29, 0.717) is 16.8 Å². The average molecular weight is 380 g/mol. The van der Waals surface area contributed by atoms with Crippen LogP contribution in [0.1, 0.15) is 16.3 Å². The van der Waals surface area contributed by atoms with Crippen molar-refractivity contribution in [3.8, 4) is 0 Å². The fourth-order valence-corrected chi connectivity index (χ4v) is 3.06. The van der Waals surface area contributed by atoms with Gasteiger partial charge in [0.2, 0.25) is 15.8 Å². The zero-order valence-corrected chi connectivity index (χ0v) is 15.1. The Balaban J connectivity index is 1.84. The molecule has 0 spiro atoms. The summed E-state index contributed by atoms with van der Waals surface area (Å²) in [4.78, 5) is 18.1. The number of carbonyl (C=O) groups is 1. The molecule has 0 aliphatic carbocycles. The maximum Gasteiger partial charge on any atom is 0.373 e. The molecule has 26 heavy (non-hydrogen) atoms. The lowest BCUT2D eigenvalue weighted by Crippen LogP contribution is -2.22. The van der Waals surface area contributed by atoms with E-state index in [1.165, 1.54) is 39.4 Å². The highest BCUT2D eigenvalue weighted by molar-refractivity contribution is 7.89. The maximum atomic E-state index is 12.3. The molecule has 10 nitrogen and oxygen atoms in total. The van der Waals surface area contributed by atoms with Crippen LogP contribution in [0.5, 0.6) is 0 Å². The van der Waals surface area contributed by atoms with Gasteiger partial charge in [0.05, 0.1) is 12.0 Å². The first kappa shape index (κ1) is 17.9. The van der Waals surface area contributed by atoms with Crippen LogP contribution in [-0.4, -0.2) is 55.1 Å². The lowest BCUT2D eigenvalue weighted by Gasteiger charge is -2.11. The fraction of sp³-hybridized carbons (Fsp3) is 0.267. The Morgan fingerprint density at radius 2 is 2.04 bits per heavy atom. The van der Waals surface area contributed by atoms with Crippen molar-refractivity contribution in [2.45, 2.75) is 11.5 Å². The minimum absolute atomic E-state index is 0.0416. The van der Waals surface area contributed by atoms with Crippen molar-refractivity contribution < 1.29 is 27.2 Å². The lowest BCUT2D eigenvalue weighted by molar-refractivity contribution is 0.0521. The van der Waals surface area contributed by atoms with E-state index in [9.17, 15) is 13.2 Å². The van der Waals surface area contributed by atoms with E-state index < -0.39 is 16.0 Å². The molecule has 138 valence electrons. The standard InChI is InChI=1S/C15H16N4O6S/c1-18(2)26(21,22)11-5-6-12-13(8-11)19(17-16-12)24-9-10-4-7-14(25-10)15(20)23-3/h4-8H,9H2,1-3H3. The number of carbonyl (C=O) groups excluding carboxylic acids is 1. The number of aromatic nitrogens is 3. The number of rotatable bonds is 6. The number of nitrogens with zero attached hydrogens (tertiary/aromatic N) is 4. The second kappa shape index (κ2) is 6.77. The Labute approximate surface area is 148 Å². The summed E-state index contributed by atoms with van der Waals surface area (Å²) in [5.41, 5.74) is 0.852. The molecular formula is C15H16N4O6S. The number of fused-ring (bicyclic) bond motifs is 1. The summed E-state index contributed by atoms with van der Waals surface area (Å²) in [7, 11) is 0.543. The van der Waals surface area contributed by atoms with Gasteiger partial charge in [-0.05, 0) is 35.5 Å². The van der Waals surface area contributed by atoms with Gasteiger partial charge in [-0.2, -0.15) is 0 Å². The normalized spacial score (nSPS) is 11.8. The van der Waals surface area contributed by atoms with E-state index >= 15 is 0 Å². The molecule has 0 aliphatic heterocycles. The van der Waals surface area contributed by atoms with Gasteiger partial charge in [0.1, 0.15) is 16.8 Å². The quantitative estimate of drug-likeness (QED) is 0.574. The fourth-order valence-electron chi connectivity index (χ4n) is 2.14. The first-order chi connectivity index (χ1) is 12.3. The Hall–Kier alpha value is -2.92. The van der Waals surface area contributed by atoms with Crippen LogP contribution in [0.3, 0.4) is 0 Å². The number of sulfonamides is 1. The minimum atomic E-state index is -3.60. The van der Waals surface area contributed by atoms with Crippen molar-refractivity contribution in [2.24, 2.45) is 0 Å². The highest BCUT2D eigenvalue weighted by Crippen LogP contribution is 2.19. The Bertz CT molecular complexity index is 1050. The van der Waals surface area contributed by atoms with Crippen molar-refractivity contribution in [1.82, 2.24) is 19.5 Å². The number of esters is 1. The van der Waals surface area contributed by atoms with Crippen LogP contribution in [-0.2, 0) is 21.4 Å². The molecule has 0 saturated heterocycles. The molecule has 0 amide bonds. The van der Waals surface area contributed by atoms with Crippen LogP contribution < -0.4 is 4.84 Å². The van der Waals surface area contributed by atoms with Gasteiger partial charge in [-0.3, -0.25) is 0 Å². The predicted octanol–water partition coefficient (Wildman–Crippen LogP) is 0.690. The monoisotopic (exact) mass is 380 g/mol. The molecule has 2 aromatic heterocycles. The van der Waals surface area contributed by atoms with Gasteiger partial charge >= 0.3 is 5.97 Å². The molecule has 0 fully saturated rings. The third kappa shape index (κ3) is 3.26. The number of ether oxygens (including phenoxy) is 1. The smallest absolute Gasteiger partial charge is 0.373 e. The second-order valence-corrected chi connectivity index (χ2v) is 7.58. The molecule has 0 radical (unpaired) electrons. The number of hydrogen-bond donors (Lipinski definition) is 0. The van der Waals surface area contributed by atoms with Crippen LogP contribution in [0.4, 0.5) is 0 Å². The average Bonchev–Trinajstić information content (AvgIpc) is 3.25. The topological polar surface area (TPSA) is 117 Å². The van der Waals surface area contributed by atoms with E-state index in [1.807, 2.05) is 0 Å². The molecule has 3 aromatic rings. The van der Waals surface area contributed by atoms with Crippen molar-refractivity contribution in [3.63, 3.8) is 0 Å². The molecule has 0 N–H and O–H groups in total. The van der Waals surface area contributed by atoms with Crippen molar-refractivity contribution in [3.05, 3.63) is 41.9 Å². The predicted molar refractivity (Wildman–Crippen MR) is 88.7 cm³/mol. The van der Waals surface area contributed by atoms with E-state index in [4.69, 9.17) is 9.25 Å². The van der Waals surface area contributed by atoms with Crippen LogP contribution in [0.15, 0.2) is 39.6 Å². The van der Waals surface area contributed by atoms with E-state index in [0.717, 1.165) is 9.15 Å². The first-order valence-electron chi connectivity index (χ1n) is 7.41. The number of hydrogen-bond acceptors (Lipinski definition) is 8. The largest absolute Gasteiger partial charge is 0.463 e. The first-order valence-corrected chi connectivity index (χ1v) is 8.85. The van der Waals surface area contributed by atoms with Crippen LogP contribution in [0.25, 0.3) is 11.0 Å². The lowest BCUT2D eigenvalue weighted by atomic mass is 10.3. The third-order valence-corrected chi connectivity index (χ3v) is 5.35. The summed E-state index contributed by atoms with van der Waals surface area (Å²) < 4.78 is 35.5. The maximum absolute atomic E-state index is 12.3. The van der Waals surface area contributed by atoms with Gasteiger partial charge in [-0.15, -0.1) is 5.10 Å². The van der Waals surface area contributed by atoms with Gasteiger partial charge in [-0.1, -0.05) is 4.85 Å². The highest BCUT2D eigenvalue weighted by atomic mass is 32.2. The van der Waals surface area contributed by atoms with Gasteiger partial charge in [0.25, 0.3) is 0 Å². The molecule has 2 heterocycles. The van der Waals surface area contributed by atoms with Gasteiger partial charge in [-0.25, -0.2) is 17.5 Å². The zero-order chi connectivity index (χ0) is 18.9. The number of benzene rings is 1. The minimum Gasteiger partial charge on any atom is -0.463 e. The summed E-state index contributed by atoms with van der Waals surface area (Å²) in [6.45, 7) is -0.0416. The number of furan rings is 1. The Morgan fingerprint density at radius 1 is 1.27 bits per heavy atom. The molecule has 0 atom stereocenters. The summed E-state index contributed by atoms with van der Waals surface area (Å²) in [6, 6.07) is 7.44. The molecule has 0 saturated carbocycles. The summed E-state index contributed by atoms with van der Waals surface area (Å²) in [5, 5.41) is 7.76. The molecule has 1 aromatic carbocycles. The van der Waals surface area contributed by atoms with Gasteiger partial charge in [0, 0.05) is 14.1 Å².